The Hall–Kier alpha value is -1.52. The SMILES string of the molecule is CNc1cc(C(=O)NCC(C)C)[nH]n1. The van der Waals surface area contributed by atoms with Gasteiger partial charge in [-0.1, -0.05) is 13.8 Å². The zero-order valence-electron chi connectivity index (χ0n) is 8.72. The Kier molecular flexibility index (Phi) is 3.50. The summed E-state index contributed by atoms with van der Waals surface area (Å²) in [5.41, 5.74) is 0.481. The molecule has 78 valence electrons. The molecule has 0 atom stereocenters. The van der Waals surface area contributed by atoms with Crippen molar-refractivity contribution in [1.29, 1.82) is 0 Å². The Morgan fingerprint density at radius 3 is 2.86 bits per heavy atom. The molecule has 0 aromatic carbocycles. The first-order chi connectivity index (χ1) is 6.63. The molecular formula is C9H16N4O. The highest BCUT2D eigenvalue weighted by Gasteiger charge is 2.08. The summed E-state index contributed by atoms with van der Waals surface area (Å²) in [6, 6.07) is 1.68. The summed E-state index contributed by atoms with van der Waals surface area (Å²) in [7, 11) is 1.76. The third kappa shape index (κ3) is 2.76. The lowest BCUT2D eigenvalue weighted by molar-refractivity contribution is 0.0944. The normalized spacial score (nSPS) is 10.3. The van der Waals surface area contributed by atoms with Crippen molar-refractivity contribution in [1.82, 2.24) is 15.5 Å². The Balaban J connectivity index is 2.52. The minimum Gasteiger partial charge on any atom is -0.372 e. The monoisotopic (exact) mass is 196 g/mol. The molecule has 1 amide bonds. The minimum absolute atomic E-state index is 0.118. The van der Waals surface area contributed by atoms with Gasteiger partial charge in [0.25, 0.3) is 5.91 Å². The second-order valence-corrected chi connectivity index (χ2v) is 3.52. The summed E-state index contributed by atoms with van der Waals surface area (Å²) < 4.78 is 0. The number of anilines is 1. The highest BCUT2D eigenvalue weighted by atomic mass is 16.1. The van der Waals surface area contributed by atoms with Gasteiger partial charge in [-0.3, -0.25) is 9.89 Å². The first kappa shape index (κ1) is 10.6. The van der Waals surface area contributed by atoms with Crippen LogP contribution in [0.25, 0.3) is 0 Å². The van der Waals surface area contributed by atoms with E-state index in [1.807, 2.05) is 13.8 Å². The number of H-pyrrole nitrogens is 1. The van der Waals surface area contributed by atoms with Gasteiger partial charge in [-0.15, -0.1) is 0 Å². The van der Waals surface area contributed by atoms with Crippen LogP contribution in [-0.2, 0) is 0 Å². The molecule has 14 heavy (non-hydrogen) atoms. The van der Waals surface area contributed by atoms with Crippen LogP contribution in [0.3, 0.4) is 0 Å². The topological polar surface area (TPSA) is 69.8 Å². The molecule has 0 spiro atoms. The Bertz CT molecular complexity index is 306. The van der Waals surface area contributed by atoms with Crippen molar-refractivity contribution in [3.05, 3.63) is 11.8 Å². The fourth-order valence-electron chi connectivity index (χ4n) is 0.958. The van der Waals surface area contributed by atoms with Crippen LogP contribution in [0, 0.1) is 5.92 Å². The zero-order valence-corrected chi connectivity index (χ0v) is 8.72. The van der Waals surface area contributed by atoms with Crippen LogP contribution in [0.4, 0.5) is 5.82 Å². The van der Waals surface area contributed by atoms with Crippen molar-refractivity contribution in [2.24, 2.45) is 5.92 Å². The van der Waals surface area contributed by atoms with Gasteiger partial charge in [-0.05, 0) is 5.92 Å². The van der Waals surface area contributed by atoms with Crippen molar-refractivity contribution in [3.63, 3.8) is 0 Å². The van der Waals surface area contributed by atoms with Gasteiger partial charge in [0, 0.05) is 19.7 Å². The first-order valence-corrected chi connectivity index (χ1v) is 4.65. The second kappa shape index (κ2) is 4.64. The molecule has 0 aliphatic carbocycles. The van der Waals surface area contributed by atoms with Crippen LogP contribution in [0.5, 0.6) is 0 Å². The number of aromatic nitrogens is 2. The molecule has 0 aliphatic heterocycles. The molecule has 0 saturated carbocycles. The maximum absolute atomic E-state index is 11.5. The van der Waals surface area contributed by atoms with Crippen LogP contribution < -0.4 is 10.6 Å². The highest BCUT2D eigenvalue weighted by Crippen LogP contribution is 2.03. The lowest BCUT2D eigenvalue weighted by Gasteiger charge is -2.05. The molecule has 5 nitrogen and oxygen atoms in total. The maximum atomic E-state index is 11.5. The van der Waals surface area contributed by atoms with E-state index < -0.39 is 0 Å². The number of amides is 1. The van der Waals surface area contributed by atoms with E-state index in [2.05, 4.69) is 20.8 Å². The van der Waals surface area contributed by atoms with E-state index in [-0.39, 0.29) is 5.91 Å². The van der Waals surface area contributed by atoms with Crippen LogP contribution in [0.1, 0.15) is 24.3 Å². The third-order valence-corrected chi connectivity index (χ3v) is 1.75. The largest absolute Gasteiger partial charge is 0.372 e. The molecule has 0 bridgehead atoms. The average molecular weight is 196 g/mol. The number of nitrogens with one attached hydrogen (secondary N) is 3. The van der Waals surface area contributed by atoms with Gasteiger partial charge in [0.05, 0.1) is 0 Å². The number of hydrogen-bond acceptors (Lipinski definition) is 3. The number of aromatic amines is 1. The highest BCUT2D eigenvalue weighted by molar-refractivity contribution is 5.92. The summed E-state index contributed by atoms with van der Waals surface area (Å²) in [4.78, 5) is 11.5. The van der Waals surface area contributed by atoms with E-state index in [9.17, 15) is 4.79 Å². The predicted octanol–water partition coefficient (Wildman–Crippen LogP) is 0.837. The van der Waals surface area contributed by atoms with Gasteiger partial charge in [-0.2, -0.15) is 5.10 Å². The van der Waals surface area contributed by atoms with Crippen molar-refractivity contribution >= 4 is 11.7 Å². The van der Waals surface area contributed by atoms with Crippen molar-refractivity contribution in [3.8, 4) is 0 Å². The van der Waals surface area contributed by atoms with Gasteiger partial charge < -0.3 is 10.6 Å². The summed E-state index contributed by atoms with van der Waals surface area (Å²) in [5.74, 6) is 0.998. The zero-order chi connectivity index (χ0) is 10.6. The van der Waals surface area contributed by atoms with Crippen molar-refractivity contribution in [2.45, 2.75) is 13.8 Å². The van der Waals surface area contributed by atoms with Gasteiger partial charge in [-0.25, -0.2) is 0 Å². The summed E-state index contributed by atoms with van der Waals surface area (Å²) in [6.45, 7) is 4.77. The van der Waals surface area contributed by atoms with E-state index in [4.69, 9.17) is 0 Å². The quantitative estimate of drug-likeness (QED) is 0.668. The second-order valence-electron chi connectivity index (χ2n) is 3.52. The van der Waals surface area contributed by atoms with Crippen LogP contribution in [0.2, 0.25) is 0 Å². The lowest BCUT2D eigenvalue weighted by Crippen LogP contribution is -2.27. The first-order valence-electron chi connectivity index (χ1n) is 4.65. The fraction of sp³-hybridized carbons (Fsp3) is 0.556. The van der Waals surface area contributed by atoms with Gasteiger partial charge >= 0.3 is 0 Å². The van der Waals surface area contributed by atoms with E-state index in [0.29, 0.717) is 24.0 Å². The number of carbonyl (C=O) groups is 1. The lowest BCUT2D eigenvalue weighted by atomic mass is 10.2. The number of carbonyl (C=O) groups excluding carboxylic acids is 1. The van der Waals surface area contributed by atoms with Crippen LogP contribution in [-0.4, -0.2) is 29.7 Å². The summed E-state index contributed by atoms with van der Waals surface area (Å²) >= 11 is 0. The summed E-state index contributed by atoms with van der Waals surface area (Å²) in [6.07, 6.45) is 0. The van der Waals surface area contributed by atoms with Crippen molar-refractivity contribution < 1.29 is 4.79 Å². The molecule has 0 saturated heterocycles. The van der Waals surface area contributed by atoms with Crippen molar-refractivity contribution in [2.75, 3.05) is 18.9 Å². The number of hydrogen-bond donors (Lipinski definition) is 3. The molecule has 1 aromatic rings. The van der Waals surface area contributed by atoms with Gasteiger partial charge in [0.1, 0.15) is 11.5 Å². The maximum Gasteiger partial charge on any atom is 0.269 e. The van der Waals surface area contributed by atoms with E-state index in [1.54, 1.807) is 13.1 Å². The molecule has 0 aliphatic rings. The molecule has 1 aromatic heterocycles. The van der Waals surface area contributed by atoms with E-state index >= 15 is 0 Å². The number of rotatable bonds is 4. The van der Waals surface area contributed by atoms with E-state index in [0.717, 1.165) is 0 Å². The summed E-state index contributed by atoms with van der Waals surface area (Å²) in [5, 5.41) is 12.2. The Labute approximate surface area is 83.3 Å². The Morgan fingerprint density at radius 1 is 1.64 bits per heavy atom. The standard InChI is InChI=1S/C9H16N4O/c1-6(2)5-11-9(14)7-4-8(10-3)13-12-7/h4,6H,5H2,1-3H3,(H,11,14)(H2,10,12,13). The molecule has 0 radical (unpaired) electrons. The van der Waals surface area contributed by atoms with Gasteiger partial charge in [0.15, 0.2) is 0 Å². The minimum atomic E-state index is -0.118. The van der Waals surface area contributed by atoms with Crippen LogP contribution >= 0.6 is 0 Å². The molecule has 0 unspecified atom stereocenters. The van der Waals surface area contributed by atoms with Gasteiger partial charge in [0.2, 0.25) is 0 Å². The van der Waals surface area contributed by atoms with E-state index in [1.165, 1.54) is 0 Å². The third-order valence-electron chi connectivity index (χ3n) is 1.75. The average Bonchev–Trinajstić information content (AvgIpc) is 2.62. The molecular weight excluding hydrogens is 180 g/mol. The fourth-order valence-corrected chi connectivity index (χ4v) is 0.958. The Morgan fingerprint density at radius 2 is 2.36 bits per heavy atom. The molecule has 1 heterocycles. The van der Waals surface area contributed by atoms with Crippen LogP contribution in [0.15, 0.2) is 6.07 Å². The molecule has 0 fully saturated rings. The predicted molar refractivity (Wildman–Crippen MR) is 55.3 cm³/mol. The number of nitrogens with zero attached hydrogens (tertiary/aromatic N) is 1. The molecule has 5 heteroatoms. The molecule has 1 rings (SSSR count). The smallest absolute Gasteiger partial charge is 0.269 e. The molecule has 3 N–H and O–H groups in total.